The van der Waals surface area contributed by atoms with E-state index in [4.69, 9.17) is 0 Å². The first-order valence-corrected chi connectivity index (χ1v) is 6.10. The number of hydrogen-bond acceptors (Lipinski definition) is 3. The van der Waals surface area contributed by atoms with E-state index in [9.17, 15) is 4.39 Å². The third-order valence-corrected chi connectivity index (χ3v) is 3.03. The van der Waals surface area contributed by atoms with Crippen LogP contribution in [-0.4, -0.2) is 19.7 Å². The van der Waals surface area contributed by atoms with Crippen LogP contribution in [0.15, 0.2) is 36.9 Å². The van der Waals surface area contributed by atoms with Gasteiger partial charge in [0.05, 0.1) is 22.8 Å². The largest absolute Gasteiger partial charge is 0.262 e. The van der Waals surface area contributed by atoms with E-state index >= 15 is 0 Å². The molecule has 2 heterocycles. The van der Waals surface area contributed by atoms with Crippen molar-refractivity contribution in [3.05, 3.63) is 42.7 Å². The van der Waals surface area contributed by atoms with Crippen molar-refractivity contribution >= 4 is 10.9 Å². The number of benzene rings is 1. The Balaban J connectivity index is 2.26. The van der Waals surface area contributed by atoms with Gasteiger partial charge in [0.1, 0.15) is 12.1 Å². The lowest BCUT2D eigenvalue weighted by molar-refractivity contribution is 0.551. The molecule has 1 aromatic carbocycles. The molecule has 0 atom stereocenters. The molecule has 3 aromatic rings. The van der Waals surface area contributed by atoms with Crippen molar-refractivity contribution in [3.63, 3.8) is 0 Å². The predicted octanol–water partition coefficient (Wildman–Crippen LogP) is 3.21. The summed E-state index contributed by atoms with van der Waals surface area (Å²) in [6.07, 6.45) is 4.66. The zero-order valence-electron chi connectivity index (χ0n) is 10.7. The number of hydrogen-bond donors (Lipinski definition) is 0. The maximum Gasteiger partial charge on any atom is 0.134 e. The molecular formula is C14H13FN4. The minimum atomic E-state index is -0.280. The van der Waals surface area contributed by atoms with E-state index in [0.717, 1.165) is 11.1 Å². The van der Waals surface area contributed by atoms with Crippen LogP contribution in [0.1, 0.15) is 19.9 Å². The highest BCUT2D eigenvalue weighted by Gasteiger charge is 2.12. The van der Waals surface area contributed by atoms with Gasteiger partial charge in [-0.2, -0.15) is 5.10 Å². The van der Waals surface area contributed by atoms with E-state index in [2.05, 4.69) is 15.1 Å². The molecule has 0 unspecified atom stereocenters. The van der Waals surface area contributed by atoms with Crippen LogP contribution in [0.5, 0.6) is 0 Å². The summed E-state index contributed by atoms with van der Waals surface area (Å²) in [6.45, 7) is 4.03. The van der Waals surface area contributed by atoms with Gasteiger partial charge < -0.3 is 0 Å². The Morgan fingerprint density at radius 2 is 2.11 bits per heavy atom. The second-order valence-corrected chi connectivity index (χ2v) is 4.67. The van der Waals surface area contributed by atoms with Gasteiger partial charge in [0.25, 0.3) is 0 Å². The first-order valence-electron chi connectivity index (χ1n) is 6.10. The molecule has 0 saturated carbocycles. The Labute approximate surface area is 109 Å². The monoisotopic (exact) mass is 256 g/mol. The Morgan fingerprint density at radius 1 is 1.26 bits per heavy atom. The van der Waals surface area contributed by atoms with Crippen molar-refractivity contribution in [2.75, 3.05) is 0 Å². The Hall–Kier alpha value is -2.30. The summed E-state index contributed by atoms with van der Waals surface area (Å²) in [5.74, 6) is -0.280. The topological polar surface area (TPSA) is 43.6 Å². The summed E-state index contributed by atoms with van der Waals surface area (Å²) in [4.78, 5) is 8.02. The maximum atomic E-state index is 14.1. The van der Waals surface area contributed by atoms with Gasteiger partial charge in [-0.3, -0.25) is 4.68 Å². The third kappa shape index (κ3) is 1.97. The molecule has 0 radical (unpaired) electrons. The number of rotatable bonds is 2. The van der Waals surface area contributed by atoms with Crippen LogP contribution in [0.4, 0.5) is 4.39 Å². The molecule has 0 bridgehead atoms. The molecule has 0 aliphatic rings. The third-order valence-electron chi connectivity index (χ3n) is 3.03. The molecule has 19 heavy (non-hydrogen) atoms. The maximum absolute atomic E-state index is 14.1. The molecule has 0 saturated heterocycles. The molecule has 2 aromatic heterocycles. The van der Waals surface area contributed by atoms with Gasteiger partial charge in [0, 0.05) is 17.8 Å². The summed E-state index contributed by atoms with van der Waals surface area (Å²) in [5.41, 5.74) is 2.21. The second kappa shape index (κ2) is 4.42. The Bertz CT molecular complexity index is 719. The van der Waals surface area contributed by atoms with Crippen molar-refractivity contribution in [1.29, 1.82) is 0 Å². The van der Waals surface area contributed by atoms with Crippen molar-refractivity contribution < 1.29 is 4.39 Å². The number of halogens is 1. The highest BCUT2D eigenvalue weighted by Crippen LogP contribution is 2.27. The van der Waals surface area contributed by atoms with E-state index in [1.807, 2.05) is 24.6 Å². The van der Waals surface area contributed by atoms with Crippen LogP contribution in [0.25, 0.3) is 22.2 Å². The summed E-state index contributed by atoms with van der Waals surface area (Å²) in [7, 11) is 0. The molecule has 0 N–H and O–H groups in total. The molecule has 4 nitrogen and oxygen atoms in total. The highest BCUT2D eigenvalue weighted by molar-refractivity contribution is 5.84. The van der Waals surface area contributed by atoms with Gasteiger partial charge in [0.15, 0.2) is 0 Å². The van der Waals surface area contributed by atoms with Gasteiger partial charge in [-0.25, -0.2) is 14.4 Å². The Kier molecular flexibility index (Phi) is 2.74. The van der Waals surface area contributed by atoms with Gasteiger partial charge in [-0.1, -0.05) is 0 Å². The van der Waals surface area contributed by atoms with Gasteiger partial charge in [-0.05, 0) is 32.0 Å². The van der Waals surface area contributed by atoms with E-state index in [-0.39, 0.29) is 11.9 Å². The van der Waals surface area contributed by atoms with E-state index in [0.29, 0.717) is 11.1 Å². The first-order chi connectivity index (χ1) is 9.16. The highest BCUT2D eigenvalue weighted by atomic mass is 19.1. The molecule has 0 amide bonds. The normalized spacial score (nSPS) is 11.4. The van der Waals surface area contributed by atoms with Crippen molar-refractivity contribution in [2.24, 2.45) is 0 Å². The molecule has 3 rings (SSSR count). The summed E-state index contributed by atoms with van der Waals surface area (Å²) in [6, 6.07) is 5.33. The number of aromatic nitrogens is 4. The zero-order valence-corrected chi connectivity index (χ0v) is 10.7. The first kappa shape index (κ1) is 11.8. The fourth-order valence-corrected chi connectivity index (χ4v) is 2.12. The van der Waals surface area contributed by atoms with E-state index in [1.54, 1.807) is 18.5 Å². The average Bonchev–Trinajstić information content (AvgIpc) is 2.84. The summed E-state index contributed by atoms with van der Waals surface area (Å²) < 4.78 is 15.9. The van der Waals surface area contributed by atoms with Crippen LogP contribution in [-0.2, 0) is 0 Å². The van der Waals surface area contributed by atoms with E-state index < -0.39 is 0 Å². The lowest BCUT2D eigenvalue weighted by Gasteiger charge is -2.08. The van der Waals surface area contributed by atoms with Crippen LogP contribution >= 0.6 is 0 Å². The molecule has 0 spiro atoms. The number of nitrogens with zero attached hydrogens (tertiary/aromatic N) is 4. The van der Waals surface area contributed by atoms with Gasteiger partial charge in [-0.15, -0.1) is 0 Å². The predicted molar refractivity (Wildman–Crippen MR) is 71.1 cm³/mol. The molecule has 0 fully saturated rings. The summed E-state index contributed by atoms with van der Waals surface area (Å²) in [5, 5.41) is 4.77. The minimum Gasteiger partial charge on any atom is -0.262 e. The van der Waals surface area contributed by atoms with Crippen LogP contribution < -0.4 is 0 Å². The zero-order chi connectivity index (χ0) is 13.4. The average molecular weight is 256 g/mol. The standard InChI is InChI=1S/C14H13FN4/c1-9(2)19-14-6-10(13-3-4-16-8-17-13)5-12(15)11(14)7-18-19/h3-9H,1-2H3. The number of fused-ring (bicyclic) bond motifs is 1. The van der Waals surface area contributed by atoms with Crippen LogP contribution in [0, 0.1) is 5.82 Å². The molecule has 5 heteroatoms. The van der Waals surface area contributed by atoms with E-state index in [1.165, 1.54) is 12.4 Å². The molecule has 0 aliphatic heterocycles. The van der Waals surface area contributed by atoms with Crippen molar-refractivity contribution in [3.8, 4) is 11.3 Å². The van der Waals surface area contributed by atoms with Gasteiger partial charge in [0.2, 0.25) is 0 Å². The fraction of sp³-hybridized carbons (Fsp3) is 0.214. The lowest BCUT2D eigenvalue weighted by atomic mass is 10.1. The molecule has 96 valence electrons. The Morgan fingerprint density at radius 3 is 2.79 bits per heavy atom. The smallest absolute Gasteiger partial charge is 0.134 e. The summed E-state index contributed by atoms with van der Waals surface area (Å²) >= 11 is 0. The molecule has 0 aliphatic carbocycles. The SMILES string of the molecule is CC(C)n1ncc2c(F)cc(-c3ccncn3)cc21. The van der Waals surface area contributed by atoms with Gasteiger partial charge >= 0.3 is 0 Å². The van der Waals surface area contributed by atoms with Crippen LogP contribution in [0.3, 0.4) is 0 Å². The minimum absolute atomic E-state index is 0.178. The van der Waals surface area contributed by atoms with Crippen molar-refractivity contribution in [2.45, 2.75) is 19.9 Å². The lowest BCUT2D eigenvalue weighted by Crippen LogP contribution is -2.02. The molecular weight excluding hydrogens is 243 g/mol. The quantitative estimate of drug-likeness (QED) is 0.707. The van der Waals surface area contributed by atoms with Crippen LogP contribution in [0.2, 0.25) is 0 Å². The van der Waals surface area contributed by atoms with Crippen molar-refractivity contribution in [1.82, 2.24) is 19.7 Å². The fourth-order valence-electron chi connectivity index (χ4n) is 2.12. The second-order valence-electron chi connectivity index (χ2n) is 4.67.